The Morgan fingerprint density at radius 1 is 0.817 bits per heavy atom. The number of hydrogen-bond donors (Lipinski definition) is 3. The minimum Gasteiger partial charge on any atom is -0.393 e. The standard InChI is InChI=1S/C47H84O13/c1-14-18-45(42-27(4)22-35(56-42)39-26(3)21-28(5)47(50,25-48)58-39)23-37(55-38-17-16-34(51-11)32(9)54-38)43(59-45)44(10)19-20-46(60-44)24-36(52-12)29(6)40(57-46)30(7)41(53-13)33(15-2)31(8)49/h26-43,48-50H,14-25H2,1-13H3. The lowest BCUT2D eigenvalue weighted by atomic mass is 9.76. The van der Waals surface area contributed by atoms with Crippen molar-refractivity contribution in [1.82, 2.24) is 0 Å². The molecule has 60 heavy (non-hydrogen) atoms. The molecule has 0 radical (unpaired) electrons. The molecule has 6 rings (SSSR count). The van der Waals surface area contributed by atoms with Crippen LogP contribution in [0.15, 0.2) is 0 Å². The molecule has 6 heterocycles. The molecule has 0 aromatic carbocycles. The Kier molecular flexibility index (Phi) is 15.9. The molecule has 6 saturated heterocycles. The molecule has 22 atom stereocenters. The van der Waals surface area contributed by atoms with Crippen molar-refractivity contribution in [2.24, 2.45) is 35.5 Å². The molecule has 6 fully saturated rings. The van der Waals surface area contributed by atoms with Gasteiger partial charge in [0.2, 0.25) is 0 Å². The summed E-state index contributed by atoms with van der Waals surface area (Å²) in [7, 11) is 5.24. The fourth-order valence-electron chi connectivity index (χ4n) is 12.8. The van der Waals surface area contributed by atoms with Gasteiger partial charge in [0.15, 0.2) is 17.9 Å². The van der Waals surface area contributed by atoms with Crippen molar-refractivity contribution in [3.63, 3.8) is 0 Å². The van der Waals surface area contributed by atoms with Gasteiger partial charge >= 0.3 is 0 Å². The Hall–Kier alpha value is -0.520. The van der Waals surface area contributed by atoms with E-state index in [1.54, 1.807) is 21.3 Å². The first-order valence-corrected chi connectivity index (χ1v) is 23.7. The predicted molar refractivity (Wildman–Crippen MR) is 225 cm³/mol. The highest BCUT2D eigenvalue weighted by atomic mass is 16.7. The molecule has 0 amide bonds. The maximum atomic E-state index is 11.3. The van der Waals surface area contributed by atoms with Gasteiger partial charge in [0.1, 0.15) is 6.10 Å². The molecule has 6 aliphatic heterocycles. The molecule has 350 valence electrons. The van der Waals surface area contributed by atoms with Gasteiger partial charge in [-0.2, -0.15) is 0 Å². The van der Waals surface area contributed by atoms with Gasteiger partial charge in [0.05, 0.1) is 78.8 Å². The third-order valence-electron chi connectivity index (χ3n) is 16.2. The molecule has 13 nitrogen and oxygen atoms in total. The number of ether oxygens (including phenoxy) is 10. The normalized spacial score (nSPS) is 49.6. The second kappa shape index (κ2) is 19.5. The molecule has 6 aliphatic rings. The third-order valence-corrected chi connectivity index (χ3v) is 16.2. The molecule has 3 N–H and O–H groups in total. The molecule has 22 unspecified atom stereocenters. The van der Waals surface area contributed by atoms with Gasteiger partial charge in [0, 0.05) is 70.7 Å². The van der Waals surface area contributed by atoms with Crippen LogP contribution < -0.4 is 0 Å². The van der Waals surface area contributed by atoms with Crippen LogP contribution in [0.1, 0.15) is 140 Å². The highest BCUT2D eigenvalue weighted by Crippen LogP contribution is 2.56. The van der Waals surface area contributed by atoms with Gasteiger partial charge in [-0.1, -0.05) is 54.9 Å². The van der Waals surface area contributed by atoms with E-state index < -0.39 is 47.9 Å². The summed E-state index contributed by atoms with van der Waals surface area (Å²) in [6.45, 7) is 20.6. The molecule has 0 aromatic rings. The fourth-order valence-corrected chi connectivity index (χ4v) is 12.8. The summed E-state index contributed by atoms with van der Waals surface area (Å²) in [5.41, 5.74) is -1.48. The maximum Gasteiger partial charge on any atom is 0.192 e. The van der Waals surface area contributed by atoms with E-state index >= 15 is 0 Å². The average molecular weight is 857 g/mol. The minimum atomic E-state index is -1.60. The Morgan fingerprint density at radius 2 is 1.53 bits per heavy atom. The Morgan fingerprint density at radius 3 is 2.13 bits per heavy atom. The summed E-state index contributed by atoms with van der Waals surface area (Å²) in [4.78, 5) is 0. The van der Waals surface area contributed by atoms with E-state index in [0.717, 1.165) is 38.5 Å². The zero-order chi connectivity index (χ0) is 43.9. The second-order valence-corrected chi connectivity index (χ2v) is 20.5. The van der Waals surface area contributed by atoms with Crippen molar-refractivity contribution < 1.29 is 62.7 Å². The second-order valence-electron chi connectivity index (χ2n) is 20.5. The van der Waals surface area contributed by atoms with E-state index in [4.69, 9.17) is 47.4 Å². The van der Waals surface area contributed by atoms with Crippen LogP contribution in [0.25, 0.3) is 0 Å². The number of hydrogen-bond acceptors (Lipinski definition) is 13. The zero-order valence-corrected chi connectivity index (χ0v) is 39.3. The third kappa shape index (κ3) is 9.43. The Bertz CT molecular complexity index is 1370. The number of aliphatic hydroxyl groups is 3. The SMILES string of the molecule is CCCC1(C2OC(C3OC(O)(CO)C(C)CC3C)CC2C)CC(OC2CCC(OC)C(C)O2)C(C2(C)CCC3(CC(OC)C(C)C(C(C)C(OC)C(CC)C(C)O)O3)O2)O1. The van der Waals surface area contributed by atoms with Crippen LogP contribution in [0.2, 0.25) is 0 Å². The number of aliphatic hydroxyl groups excluding tert-OH is 2. The van der Waals surface area contributed by atoms with Crippen molar-refractivity contribution in [3.8, 4) is 0 Å². The van der Waals surface area contributed by atoms with Crippen molar-refractivity contribution in [1.29, 1.82) is 0 Å². The summed E-state index contributed by atoms with van der Waals surface area (Å²) in [6, 6.07) is 0. The molecule has 0 aliphatic carbocycles. The number of methoxy groups -OCH3 is 3. The lowest BCUT2D eigenvalue weighted by Gasteiger charge is -2.50. The first kappa shape index (κ1) is 48.9. The average Bonchev–Trinajstić information content (AvgIpc) is 3.89. The highest BCUT2D eigenvalue weighted by molar-refractivity contribution is 5.12. The first-order valence-electron chi connectivity index (χ1n) is 23.7. The molecule has 0 saturated carbocycles. The van der Waals surface area contributed by atoms with Gasteiger partial charge in [-0.05, 0) is 71.1 Å². The van der Waals surface area contributed by atoms with Crippen LogP contribution in [0.3, 0.4) is 0 Å². The summed E-state index contributed by atoms with van der Waals surface area (Å²) in [5, 5.41) is 32.2. The van der Waals surface area contributed by atoms with Crippen molar-refractivity contribution in [2.75, 3.05) is 27.9 Å². The van der Waals surface area contributed by atoms with Crippen molar-refractivity contribution in [2.45, 2.75) is 236 Å². The van der Waals surface area contributed by atoms with Gasteiger partial charge in [-0.3, -0.25) is 0 Å². The van der Waals surface area contributed by atoms with E-state index in [-0.39, 0.29) is 90.4 Å². The van der Waals surface area contributed by atoms with Crippen LogP contribution in [0, 0.1) is 35.5 Å². The maximum absolute atomic E-state index is 11.3. The topological polar surface area (TPSA) is 153 Å². The summed E-state index contributed by atoms with van der Waals surface area (Å²) < 4.78 is 67.3. The van der Waals surface area contributed by atoms with E-state index in [1.807, 2.05) is 20.8 Å². The predicted octanol–water partition coefficient (Wildman–Crippen LogP) is 6.54. The summed E-state index contributed by atoms with van der Waals surface area (Å²) >= 11 is 0. The van der Waals surface area contributed by atoms with E-state index in [0.29, 0.717) is 32.1 Å². The Labute approximate surface area is 361 Å². The molecule has 1 spiro atoms. The first-order chi connectivity index (χ1) is 28.4. The van der Waals surface area contributed by atoms with E-state index in [1.165, 1.54) is 0 Å². The molecular weight excluding hydrogens is 773 g/mol. The monoisotopic (exact) mass is 857 g/mol. The summed E-state index contributed by atoms with van der Waals surface area (Å²) in [5.74, 6) is -2.48. The van der Waals surface area contributed by atoms with Crippen LogP contribution in [0.5, 0.6) is 0 Å². The smallest absolute Gasteiger partial charge is 0.192 e. The largest absolute Gasteiger partial charge is 0.393 e. The highest BCUT2D eigenvalue weighted by Gasteiger charge is 2.65. The molecular formula is C47H84O13. The lowest BCUT2D eigenvalue weighted by Crippen LogP contribution is -2.58. The molecule has 13 heteroatoms. The van der Waals surface area contributed by atoms with Crippen molar-refractivity contribution >= 4 is 0 Å². The molecule has 0 aromatic heterocycles. The van der Waals surface area contributed by atoms with E-state index in [9.17, 15) is 15.3 Å². The van der Waals surface area contributed by atoms with Gasteiger partial charge in [-0.25, -0.2) is 0 Å². The van der Waals surface area contributed by atoms with Gasteiger partial charge in [0.25, 0.3) is 0 Å². The quantitative estimate of drug-likeness (QED) is 0.154. The minimum absolute atomic E-state index is 0.0107. The van der Waals surface area contributed by atoms with Gasteiger partial charge in [-0.15, -0.1) is 0 Å². The Balaban J connectivity index is 1.30. The summed E-state index contributed by atoms with van der Waals surface area (Å²) in [6.07, 6.45) is 4.62. The molecule has 0 bridgehead atoms. The number of rotatable bonds is 16. The zero-order valence-electron chi connectivity index (χ0n) is 39.3. The van der Waals surface area contributed by atoms with Crippen LogP contribution in [-0.4, -0.2) is 139 Å². The van der Waals surface area contributed by atoms with Crippen LogP contribution in [0.4, 0.5) is 0 Å². The van der Waals surface area contributed by atoms with Gasteiger partial charge < -0.3 is 62.7 Å². The van der Waals surface area contributed by atoms with Crippen LogP contribution >= 0.6 is 0 Å². The van der Waals surface area contributed by atoms with Crippen LogP contribution in [-0.2, 0) is 47.4 Å². The van der Waals surface area contributed by atoms with E-state index in [2.05, 4.69) is 48.5 Å². The lowest BCUT2D eigenvalue weighted by molar-refractivity contribution is -0.342. The fraction of sp³-hybridized carbons (Fsp3) is 1.00. The van der Waals surface area contributed by atoms with Crippen molar-refractivity contribution in [3.05, 3.63) is 0 Å².